The van der Waals surface area contributed by atoms with Gasteiger partial charge in [-0.3, -0.25) is 9.48 Å². The van der Waals surface area contributed by atoms with Gasteiger partial charge in [-0.2, -0.15) is 5.10 Å². The van der Waals surface area contributed by atoms with E-state index >= 15 is 0 Å². The lowest BCUT2D eigenvalue weighted by molar-refractivity contribution is 0.0983. The third-order valence-electron chi connectivity index (χ3n) is 2.87. The number of carbonyl (C=O) groups is 1. The molecule has 0 fully saturated rings. The molecule has 1 aromatic heterocycles. The first-order chi connectivity index (χ1) is 8.69. The molecule has 0 aliphatic rings. The van der Waals surface area contributed by atoms with Gasteiger partial charge in [0.15, 0.2) is 5.78 Å². The van der Waals surface area contributed by atoms with Crippen molar-refractivity contribution in [2.24, 2.45) is 0 Å². The summed E-state index contributed by atoms with van der Waals surface area (Å²) in [5.41, 5.74) is 8.20. The molecule has 0 atom stereocenters. The first-order valence-corrected chi connectivity index (χ1v) is 6.09. The number of Topliss-reactive ketones (excluding diaryl/α,β-unsaturated/α-hetero) is 1. The Bertz CT molecular complexity index is 545. The van der Waals surface area contributed by atoms with Crippen molar-refractivity contribution < 1.29 is 4.79 Å². The summed E-state index contributed by atoms with van der Waals surface area (Å²) >= 11 is 0. The number of nitrogens with two attached hydrogens (primary N) is 1. The molecule has 2 N–H and O–H groups in total. The van der Waals surface area contributed by atoms with Crippen molar-refractivity contribution in [2.75, 3.05) is 5.73 Å². The number of aromatic nitrogens is 2. The van der Waals surface area contributed by atoms with Crippen molar-refractivity contribution in [3.05, 3.63) is 47.8 Å². The normalized spacial score (nSPS) is 10.5. The number of nitrogens with zero attached hydrogens (tertiary/aromatic N) is 2. The monoisotopic (exact) mass is 243 g/mol. The van der Waals surface area contributed by atoms with E-state index < -0.39 is 0 Å². The largest absolute Gasteiger partial charge is 0.399 e. The van der Waals surface area contributed by atoms with Crippen molar-refractivity contribution in [3.8, 4) is 0 Å². The van der Waals surface area contributed by atoms with Crippen LogP contribution < -0.4 is 5.73 Å². The Kier molecular flexibility index (Phi) is 3.77. The van der Waals surface area contributed by atoms with Gasteiger partial charge in [0.25, 0.3) is 0 Å². The summed E-state index contributed by atoms with van der Waals surface area (Å²) in [6.07, 6.45) is 4.62. The van der Waals surface area contributed by atoms with Crippen molar-refractivity contribution >= 4 is 11.5 Å². The number of carbonyl (C=O) groups excluding carboxylic acids is 1. The Morgan fingerprint density at radius 2 is 2.28 bits per heavy atom. The van der Waals surface area contributed by atoms with Gasteiger partial charge in [-0.15, -0.1) is 0 Å². The van der Waals surface area contributed by atoms with Crippen molar-refractivity contribution in [1.82, 2.24) is 9.78 Å². The van der Waals surface area contributed by atoms with Crippen molar-refractivity contribution in [1.29, 1.82) is 0 Å². The molecular weight excluding hydrogens is 226 g/mol. The SMILES string of the molecule is CCn1cc(C(=O)CCc2cccc(N)c2)cn1. The Labute approximate surface area is 106 Å². The topological polar surface area (TPSA) is 60.9 Å². The summed E-state index contributed by atoms with van der Waals surface area (Å²) in [6, 6.07) is 7.64. The van der Waals surface area contributed by atoms with E-state index in [1.54, 1.807) is 17.1 Å². The first kappa shape index (κ1) is 12.4. The average molecular weight is 243 g/mol. The zero-order valence-electron chi connectivity index (χ0n) is 10.5. The Morgan fingerprint density at radius 3 is 2.94 bits per heavy atom. The Hall–Kier alpha value is -2.10. The number of hydrogen-bond acceptors (Lipinski definition) is 3. The second-order valence-corrected chi connectivity index (χ2v) is 4.25. The van der Waals surface area contributed by atoms with Gasteiger partial charge >= 0.3 is 0 Å². The molecule has 0 aliphatic carbocycles. The third-order valence-corrected chi connectivity index (χ3v) is 2.87. The molecule has 4 nitrogen and oxygen atoms in total. The van der Waals surface area contributed by atoms with Crippen LogP contribution in [-0.4, -0.2) is 15.6 Å². The van der Waals surface area contributed by atoms with Crippen molar-refractivity contribution in [3.63, 3.8) is 0 Å². The Morgan fingerprint density at radius 1 is 1.44 bits per heavy atom. The van der Waals surface area contributed by atoms with Crippen LogP contribution in [0.15, 0.2) is 36.7 Å². The Balaban J connectivity index is 1.96. The molecule has 0 unspecified atom stereocenters. The third kappa shape index (κ3) is 2.97. The molecule has 2 aromatic rings. The predicted molar refractivity (Wildman–Crippen MR) is 71.4 cm³/mol. The van der Waals surface area contributed by atoms with E-state index in [-0.39, 0.29) is 5.78 Å². The maximum absolute atomic E-state index is 11.9. The minimum atomic E-state index is 0.122. The lowest BCUT2D eigenvalue weighted by Gasteiger charge is -2.01. The fraction of sp³-hybridized carbons (Fsp3) is 0.286. The molecule has 0 radical (unpaired) electrons. The van der Waals surface area contributed by atoms with Gasteiger partial charge in [0, 0.05) is 24.8 Å². The van der Waals surface area contributed by atoms with Gasteiger partial charge in [-0.1, -0.05) is 12.1 Å². The summed E-state index contributed by atoms with van der Waals surface area (Å²) in [6.45, 7) is 2.77. The van der Waals surface area contributed by atoms with Gasteiger partial charge in [-0.25, -0.2) is 0 Å². The van der Waals surface area contributed by atoms with E-state index in [2.05, 4.69) is 5.10 Å². The molecule has 0 aliphatic heterocycles. The van der Waals surface area contributed by atoms with Gasteiger partial charge in [0.1, 0.15) is 0 Å². The highest BCUT2D eigenvalue weighted by Crippen LogP contribution is 2.11. The molecule has 94 valence electrons. The van der Waals surface area contributed by atoms with E-state index in [0.717, 1.165) is 17.8 Å². The minimum Gasteiger partial charge on any atom is -0.399 e. The molecule has 2 rings (SSSR count). The van der Waals surface area contributed by atoms with E-state index in [0.29, 0.717) is 18.4 Å². The number of rotatable bonds is 5. The lowest BCUT2D eigenvalue weighted by Crippen LogP contribution is -2.00. The summed E-state index contributed by atoms with van der Waals surface area (Å²) in [4.78, 5) is 11.9. The molecule has 0 bridgehead atoms. The summed E-state index contributed by atoms with van der Waals surface area (Å²) < 4.78 is 1.76. The number of nitrogen functional groups attached to an aromatic ring is 1. The summed E-state index contributed by atoms with van der Waals surface area (Å²) in [5.74, 6) is 0.122. The standard InChI is InChI=1S/C14H17N3O/c1-2-17-10-12(9-16-17)14(18)7-6-11-4-3-5-13(15)8-11/h3-5,8-10H,2,6-7,15H2,1H3. The van der Waals surface area contributed by atoms with E-state index in [1.807, 2.05) is 31.2 Å². The zero-order chi connectivity index (χ0) is 13.0. The number of aryl methyl sites for hydroxylation is 2. The van der Waals surface area contributed by atoms with Crippen LogP contribution in [-0.2, 0) is 13.0 Å². The number of hydrogen-bond donors (Lipinski definition) is 1. The van der Waals surface area contributed by atoms with Crippen LogP contribution in [0, 0.1) is 0 Å². The maximum atomic E-state index is 11.9. The fourth-order valence-electron chi connectivity index (χ4n) is 1.83. The first-order valence-electron chi connectivity index (χ1n) is 6.09. The van der Waals surface area contributed by atoms with Gasteiger partial charge in [-0.05, 0) is 31.0 Å². The predicted octanol–water partition coefficient (Wildman–Crippen LogP) is 2.30. The zero-order valence-corrected chi connectivity index (χ0v) is 10.5. The number of benzene rings is 1. The number of anilines is 1. The van der Waals surface area contributed by atoms with E-state index in [9.17, 15) is 4.79 Å². The molecule has 0 saturated carbocycles. The van der Waals surface area contributed by atoms with Crippen LogP contribution in [0.1, 0.15) is 29.3 Å². The maximum Gasteiger partial charge on any atom is 0.166 e. The number of ketones is 1. The minimum absolute atomic E-state index is 0.122. The smallest absolute Gasteiger partial charge is 0.166 e. The molecular formula is C14H17N3O. The highest BCUT2D eigenvalue weighted by molar-refractivity contribution is 5.95. The van der Waals surface area contributed by atoms with Crippen LogP contribution >= 0.6 is 0 Å². The van der Waals surface area contributed by atoms with Crippen LogP contribution in [0.3, 0.4) is 0 Å². The van der Waals surface area contributed by atoms with Crippen LogP contribution in [0.2, 0.25) is 0 Å². The summed E-state index contributed by atoms with van der Waals surface area (Å²) in [5, 5.41) is 4.10. The average Bonchev–Trinajstić information content (AvgIpc) is 2.85. The van der Waals surface area contributed by atoms with Gasteiger partial charge < -0.3 is 5.73 Å². The summed E-state index contributed by atoms with van der Waals surface area (Å²) in [7, 11) is 0. The lowest BCUT2D eigenvalue weighted by atomic mass is 10.0. The van der Waals surface area contributed by atoms with E-state index in [1.165, 1.54) is 0 Å². The molecule has 18 heavy (non-hydrogen) atoms. The molecule has 1 heterocycles. The highest BCUT2D eigenvalue weighted by atomic mass is 16.1. The fourth-order valence-corrected chi connectivity index (χ4v) is 1.83. The van der Waals surface area contributed by atoms with Crippen LogP contribution in [0.4, 0.5) is 5.69 Å². The second kappa shape index (κ2) is 5.49. The molecule has 1 aromatic carbocycles. The van der Waals surface area contributed by atoms with Crippen molar-refractivity contribution in [2.45, 2.75) is 26.3 Å². The van der Waals surface area contributed by atoms with Gasteiger partial charge in [0.2, 0.25) is 0 Å². The molecule has 4 heteroatoms. The highest BCUT2D eigenvalue weighted by Gasteiger charge is 2.08. The quantitative estimate of drug-likeness (QED) is 0.647. The van der Waals surface area contributed by atoms with Crippen LogP contribution in [0.25, 0.3) is 0 Å². The van der Waals surface area contributed by atoms with E-state index in [4.69, 9.17) is 5.73 Å². The molecule has 0 saturated heterocycles. The molecule has 0 amide bonds. The van der Waals surface area contributed by atoms with Gasteiger partial charge in [0.05, 0.1) is 11.8 Å². The van der Waals surface area contributed by atoms with Crippen LogP contribution in [0.5, 0.6) is 0 Å². The second-order valence-electron chi connectivity index (χ2n) is 4.25. The molecule has 0 spiro atoms.